The van der Waals surface area contributed by atoms with Gasteiger partial charge in [-0.25, -0.2) is 0 Å². The van der Waals surface area contributed by atoms with Gasteiger partial charge < -0.3 is 4.90 Å². The largest absolute Gasteiger partial charge is 0.330 e. The highest BCUT2D eigenvalue weighted by atomic mass is 19.3. The summed E-state index contributed by atoms with van der Waals surface area (Å²) in [7, 11) is 0. The predicted octanol–water partition coefficient (Wildman–Crippen LogP) is 1.65. The second-order valence-electron chi connectivity index (χ2n) is 3.87. The van der Waals surface area contributed by atoms with Crippen LogP contribution in [0.5, 0.6) is 0 Å². The number of carbonyl (C=O) groups is 1. The number of rotatable bonds is 1. The molecule has 1 aliphatic heterocycles. The highest BCUT2D eigenvalue weighted by molar-refractivity contribution is 5.81. The third-order valence-corrected chi connectivity index (χ3v) is 2.31. The standard InChI is InChI=1S/C8H13F2NO/c1-5-4-8(2,3)11(5)7(12)6(9)10/h5-6H,4H2,1-3H3. The summed E-state index contributed by atoms with van der Waals surface area (Å²) in [6.07, 6.45) is -2.07. The van der Waals surface area contributed by atoms with Crippen LogP contribution in [0.25, 0.3) is 0 Å². The van der Waals surface area contributed by atoms with Gasteiger partial charge in [-0.2, -0.15) is 8.78 Å². The molecule has 12 heavy (non-hydrogen) atoms. The summed E-state index contributed by atoms with van der Waals surface area (Å²) in [6.45, 7) is 5.38. The second-order valence-corrected chi connectivity index (χ2v) is 3.87. The van der Waals surface area contributed by atoms with Crippen LogP contribution in [-0.2, 0) is 4.79 Å². The van der Waals surface area contributed by atoms with Gasteiger partial charge in [0.15, 0.2) is 0 Å². The number of nitrogens with zero attached hydrogens (tertiary/aromatic N) is 1. The zero-order valence-corrected chi connectivity index (χ0v) is 7.47. The summed E-state index contributed by atoms with van der Waals surface area (Å²) >= 11 is 0. The quantitative estimate of drug-likeness (QED) is 0.596. The Balaban J connectivity index is 2.68. The van der Waals surface area contributed by atoms with Crippen LogP contribution >= 0.6 is 0 Å². The number of alkyl halides is 2. The highest BCUT2D eigenvalue weighted by Crippen LogP contribution is 2.36. The molecule has 0 aromatic rings. The molecule has 0 N–H and O–H groups in total. The maximum atomic E-state index is 12.0. The first-order valence-electron chi connectivity index (χ1n) is 3.97. The van der Waals surface area contributed by atoms with E-state index in [0.717, 1.165) is 6.42 Å². The van der Waals surface area contributed by atoms with Gasteiger partial charge in [0.2, 0.25) is 0 Å². The fourth-order valence-electron chi connectivity index (χ4n) is 2.02. The first-order valence-corrected chi connectivity index (χ1v) is 3.97. The zero-order valence-electron chi connectivity index (χ0n) is 7.47. The van der Waals surface area contributed by atoms with E-state index in [1.807, 2.05) is 0 Å². The number of hydrogen-bond donors (Lipinski definition) is 0. The lowest BCUT2D eigenvalue weighted by atomic mass is 9.82. The lowest BCUT2D eigenvalue weighted by Crippen LogP contribution is -2.65. The van der Waals surface area contributed by atoms with Gasteiger partial charge in [0, 0.05) is 11.6 Å². The Labute approximate surface area is 70.5 Å². The average molecular weight is 177 g/mol. The predicted molar refractivity (Wildman–Crippen MR) is 41.0 cm³/mol. The molecule has 0 bridgehead atoms. The van der Waals surface area contributed by atoms with E-state index in [4.69, 9.17) is 0 Å². The first-order chi connectivity index (χ1) is 5.36. The molecular formula is C8H13F2NO. The van der Waals surface area contributed by atoms with E-state index in [9.17, 15) is 13.6 Å². The number of hydrogen-bond acceptors (Lipinski definition) is 1. The SMILES string of the molecule is CC1CC(C)(C)N1C(=O)C(F)F. The molecule has 70 valence electrons. The zero-order chi connectivity index (χ0) is 9.52. The molecule has 2 nitrogen and oxygen atoms in total. The Bertz CT molecular complexity index is 203. The van der Waals surface area contributed by atoms with Gasteiger partial charge in [-0.15, -0.1) is 0 Å². The van der Waals surface area contributed by atoms with E-state index in [-0.39, 0.29) is 11.6 Å². The second kappa shape index (κ2) is 2.68. The Kier molecular flexibility index (Phi) is 2.10. The molecule has 4 heteroatoms. The lowest BCUT2D eigenvalue weighted by molar-refractivity contribution is -0.164. The van der Waals surface area contributed by atoms with Crippen LogP contribution in [0.2, 0.25) is 0 Å². The topological polar surface area (TPSA) is 20.3 Å². The minimum Gasteiger partial charge on any atom is -0.330 e. The third-order valence-electron chi connectivity index (χ3n) is 2.31. The average Bonchev–Trinajstić information content (AvgIpc) is 1.84. The smallest absolute Gasteiger partial charge is 0.315 e. The van der Waals surface area contributed by atoms with Gasteiger partial charge in [0.05, 0.1) is 0 Å². The van der Waals surface area contributed by atoms with Crippen LogP contribution in [0.4, 0.5) is 8.78 Å². The van der Waals surface area contributed by atoms with Crippen molar-refractivity contribution in [2.75, 3.05) is 0 Å². The Morgan fingerprint density at radius 3 is 2.25 bits per heavy atom. The minimum absolute atomic E-state index is 0.0403. The van der Waals surface area contributed by atoms with Crippen molar-refractivity contribution in [3.63, 3.8) is 0 Å². The fourth-order valence-corrected chi connectivity index (χ4v) is 2.02. The van der Waals surface area contributed by atoms with Crippen molar-refractivity contribution in [2.24, 2.45) is 0 Å². The van der Waals surface area contributed by atoms with E-state index in [0.29, 0.717) is 0 Å². The van der Waals surface area contributed by atoms with Crippen molar-refractivity contribution in [1.82, 2.24) is 4.90 Å². The molecule has 0 saturated carbocycles. The molecule has 0 aliphatic carbocycles. The lowest BCUT2D eigenvalue weighted by Gasteiger charge is -2.53. The Morgan fingerprint density at radius 1 is 1.58 bits per heavy atom. The van der Waals surface area contributed by atoms with Gasteiger partial charge in [-0.05, 0) is 27.2 Å². The van der Waals surface area contributed by atoms with E-state index in [1.54, 1.807) is 20.8 Å². The van der Waals surface area contributed by atoms with Crippen molar-refractivity contribution in [1.29, 1.82) is 0 Å². The van der Waals surface area contributed by atoms with Gasteiger partial charge in [0.1, 0.15) is 0 Å². The number of amides is 1. The fraction of sp³-hybridized carbons (Fsp3) is 0.875. The van der Waals surface area contributed by atoms with Crippen molar-refractivity contribution >= 4 is 5.91 Å². The summed E-state index contributed by atoms with van der Waals surface area (Å²) in [6, 6.07) is -0.0403. The van der Waals surface area contributed by atoms with E-state index >= 15 is 0 Å². The summed E-state index contributed by atoms with van der Waals surface area (Å²) in [5, 5.41) is 0. The number of likely N-dealkylation sites (tertiary alicyclic amines) is 1. The van der Waals surface area contributed by atoms with Crippen LogP contribution in [0.1, 0.15) is 27.2 Å². The summed E-state index contributed by atoms with van der Waals surface area (Å²) in [5.41, 5.74) is -0.382. The molecule has 1 aliphatic rings. The normalized spacial score (nSPS) is 27.2. The molecule has 1 unspecified atom stereocenters. The molecule has 1 rings (SSSR count). The maximum Gasteiger partial charge on any atom is 0.315 e. The van der Waals surface area contributed by atoms with Crippen molar-refractivity contribution < 1.29 is 13.6 Å². The monoisotopic (exact) mass is 177 g/mol. The van der Waals surface area contributed by atoms with Crippen molar-refractivity contribution in [3.8, 4) is 0 Å². The van der Waals surface area contributed by atoms with Gasteiger partial charge in [-0.3, -0.25) is 4.79 Å². The first kappa shape index (κ1) is 9.42. The molecule has 1 heterocycles. The molecule has 1 fully saturated rings. The number of carbonyl (C=O) groups excluding carboxylic acids is 1. The van der Waals surface area contributed by atoms with Gasteiger partial charge in [0.25, 0.3) is 5.91 Å². The third kappa shape index (κ3) is 1.30. The molecule has 1 amide bonds. The van der Waals surface area contributed by atoms with Crippen molar-refractivity contribution in [3.05, 3.63) is 0 Å². The molecule has 0 aromatic heterocycles. The molecule has 0 aromatic carbocycles. The van der Waals surface area contributed by atoms with E-state index in [2.05, 4.69) is 0 Å². The molecule has 1 atom stereocenters. The molecular weight excluding hydrogens is 164 g/mol. The summed E-state index contributed by atoms with van der Waals surface area (Å²) in [4.78, 5) is 12.2. The molecule has 0 radical (unpaired) electrons. The van der Waals surface area contributed by atoms with Crippen LogP contribution in [0.3, 0.4) is 0 Å². The summed E-state index contributed by atoms with van der Waals surface area (Å²) < 4.78 is 24.1. The van der Waals surface area contributed by atoms with E-state index in [1.165, 1.54) is 4.90 Å². The summed E-state index contributed by atoms with van der Waals surface area (Å²) in [5.74, 6) is -1.04. The molecule has 0 spiro atoms. The van der Waals surface area contributed by atoms with Crippen LogP contribution in [0, 0.1) is 0 Å². The molecule has 1 saturated heterocycles. The van der Waals surface area contributed by atoms with Gasteiger partial charge >= 0.3 is 6.43 Å². The Morgan fingerprint density at radius 2 is 2.08 bits per heavy atom. The highest BCUT2D eigenvalue weighted by Gasteiger charge is 2.47. The van der Waals surface area contributed by atoms with Crippen LogP contribution in [-0.4, -0.2) is 28.8 Å². The Hall–Kier alpha value is -0.670. The van der Waals surface area contributed by atoms with Crippen LogP contribution in [0.15, 0.2) is 0 Å². The van der Waals surface area contributed by atoms with Gasteiger partial charge in [-0.1, -0.05) is 0 Å². The van der Waals surface area contributed by atoms with Crippen molar-refractivity contribution in [2.45, 2.75) is 45.2 Å². The number of halogens is 2. The van der Waals surface area contributed by atoms with E-state index < -0.39 is 12.3 Å². The minimum atomic E-state index is -2.87. The van der Waals surface area contributed by atoms with Crippen LogP contribution < -0.4 is 0 Å². The maximum absolute atomic E-state index is 12.0.